The lowest BCUT2D eigenvalue weighted by molar-refractivity contribution is -0.127. The van der Waals surface area contributed by atoms with Gasteiger partial charge >= 0.3 is 0 Å². The van der Waals surface area contributed by atoms with Crippen LogP contribution in [0.1, 0.15) is 11.1 Å². The SMILES string of the molecule is O=C(/C=C/c1ccc2c(c1)OCCO2)N(CCO)Cc1ccccc1. The Labute approximate surface area is 147 Å². The Morgan fingerprint density at radius 1 is 1.08 bits per heavy atom. The van der Waals surface area contributed by atoms with Gasteiger partial charge in [0.1, 0.15) is 13.2 Å². The lowest BCUT2D eigenvalue weighted by Gasteiger charge is -2.20. The molecule has 1 N–H and O–H groups in total. The zero-order valence-electron chi connectivity index (χ0n) is 13.9. The van der Waals surface area contributed by atoms with Gasteiger partial charge in [-0.05, 0) is 29.3 Å². The first-order chi connectivity index (χ1) is 12.3. The van der Waals surface area contributed by atoms with Gasteiger partial charge in [0.25, 0.3) is 0 Å². The number of ether oxygens (including phenoxy) is 2. The minimum absolute atomic E-state index is 0.0730. The van der Waals surface area contributed by atoms with E-state index in [1.807, 2.05) is 48.5 Å². The number of hydrogen-bond donors (Lipinski definition) is 1. The van der Waals surface area contributed by atoms with Crippen LogP contribution in [0.2, 0.25) is 0 Å². The molecule has 1 aliphatic rings. The summed E-state index contributed by atoms with van der Waals surface area (Å²) in [7, 11) is 0. The Balaban J connectivity index is 1.69. The van der Waals surface area contributed by atoms with Crippen LogP contribution < -0.4 is 9.47 Å². The third-order valence-electron chi connectivity index (χ3n) is 3.88. The van der Waals surface area contributed by atoms with Crippen molar-refractivity contribution in [1.82, 2.24) is 4.90 Å². The first kappa shape index (κ1) is 17.0. The summed E-state index contributed by atoms with van der Waals surface area (Å²) < 4.78 is 11.0. The number of amides is 1. The number of carbonyl (C=O) groups is 1. The van der Waals surface area contributed by atoms with Crippen molar-refractivity contribution in [2.75, 3.05) is 26.4 Å². The molecule has 1 amide bonds. The van der Waals surface area contributed by atoms with E-state index < -0.39 is 0 Å². The molecule has 1 aliphatic heterocycles. The van der Waals surface area contributed by atoms with Gasteiger partial charge in [-0.1, -0.05) is 36.4 Å². The average molecular weight is 339 g/mol. The zero-order chi connectivity index (χ0) is 17.5. The molecular formula is C20H21NO4. The van der Waals surface area contributed by atoms with E-state index in [1.54, 1.807) is 11.0 Å². The number of carbonyl (C=O) groups excluding carboxylic acids is 1. The number of rotatable bonds is 6. The topological polar surface area (TPSA) is 59.0 Å². The van der Waals surface area contributed by atoms with Crippen molar-refractivity contribution in [2.45, 2.75) is 6.54 Å². The monoisotopic (exact) mass is 339 g/mol. The molecule has 0 bridgehead atoms. The van der Waals surface area contributed by atoms with E-state index in [1.165, 1.54) is 6.08 Å². The summed E-state index contributed by atoms with van der Waals surface area (Å²) in [6.45, 7) is 1.76. The summed E-state index contributed by atoms with van der Waals surface area (Å²) in [5.41, 5.74) is 1.89. The molecule has 0 aliphatic carbocycles. The van der Waals surface area contributed by atoms with Crippen molar-refractivity contribution in [1.29, 1.82) is 0 Å². The largest absolute Gasteiger partial charge is 0.486 e. The van der Waals surface area contributed by atoms with Crippen LogP contribution in [0.3, 0.4) is 0 Å². The molecule has 0 saturated carbocycles. The molecule has 2 aromatic carbocycles. The number of aliphatic hydroxyl groups excluding tert-OH is 1. The summed E-state index contributed by atoms with van der Waals surface area (Å²) in [5.74, 6) is 1.27. The van der Waals surface area contributed by atoms with Crippen molar-refractivity contribution in [3.05, 3.63) is 65.7 Å². The average Bonchev–Trinajstić information content (AvgIpc) is 2.66. The highest BCUT2D eigenvalue weighted by molar-refractivity contribution is 5.91. The lowest BCUT2D eigenvalue weighted by Crippen LogP contribution is -2.31. The maximum Gasteiger partial charge on any atom is 0.246 e. The Kier molecular flexibility index (Phi) is 5.69. The van der Waals surface area contributed by atoms with Gasteiger partial charge in [0.2, 0.25) is 5.91 Å². The van der Waals surface area contributed by atoms with Gasteiger partial charge in [0.05, 0.1) is 6.61 Å². The van der Waals surface area contributed by atoms with Crippen LogP contribution in [0.15, 0.2) is 54.6 Å². The second kappa shape index (κ2) is 8.35. The fourth-order valence-electron chi connectivity index (χ4n) is 2.63. The molecule has 5 nitrogen and oxygen atoms in total. The van der Waals surface area contributed by atoms with Crippen LogP contribution >= 0.6 is 0 Å². The molecule has 5 heteroatoms. The standard InChI is InChI=1S/C20H21NO4/c22-11-10-21(15-17-4-2-1-3-5-17)20(23)9-7-16-6-8-18-19(14-16)25-13-12-24-18/h1-9,14,22H,10-13,15H2/b9-7+. The summed E-state index contributed by atoms with van der Waals surface area (Å²) in [6.07, 6.45) is 3.26. The Morgan fingerprint density at radius 2 is 1.84 bits per heavy atom. The molecule has 2 aromatic rings. The summed E-state index contributed by atoms with van der Waals surface area (Å²) in [5, 5.41) is 9.23. The van der Waals surface area contributed by atoms with Crippen LogP contribution in [-0.4, -0.2) is 42.3 Å². The maximum absolute atomic E-state index is 12.5. The molecule has 0 saturated heterocycles. The van der Waals surface area contributed by atoms with E-state index >= 15 is 0 Å². The van der Waals surface area contributed by atoms with E-state index in [-0.39, 0.29) is 12.5 Å². The number of nitrogens with zero attached hydrogens (tertiary/aromatic N) is 1. The Hall–Kier alpha value is -2.79. The number of benzene rings is 2. The first-order valence-corrected chi connectivity index (χ1v) is 8.27. The molecule has 0 atom stereocenters. The van der Waals surface area contributed by atoms with Gasteiger partial charge in [-0.25, -0.2) is 0 Å². The number of hydrogen-bond acceptors (Lipinski definition) is 4. The third-order valence-corrected chi connectivity index (χ3v) is 3.88. The van der Waals surface area contributed by atoms with Crippen LogP contribution in [0, 0.1) is 0 Å². The van der Waals surface area contributed by atoms with Crippen molar-refractivity contribution in [2.24, 2.45) is 0 Å². The Bertz CT molecular complexity index is 743. The van der Waals surface area contributed by atoms with E-state index in [4.69, 9.17) is 9.47 Å². The fraction of sp³-hybridized carbons (Fsp3) is 0.250. The van der Waals surface area contributed by atoms with Gasteiger partial charge in [-0.3, -0.25) is 4.79 Å². The van der Waals surface area contributed by atoms with E-state index in [0.29, 0.717) is 32.1 Å². The molecule has 3 rings (SSSR count). The highest BCUT2D eigenvalue weighted by Crippen LogP contribution is 2.31. The van der Waals surface area contributed by atoms with E-state index in [2.05, 4.69) is 0 Å². The second-order valence-electron chi connectivity index (χ2n) is 5.71. The van der Waals surface area contributed by atoms with Crippen LogP contribution in [0.5, 0.6) is 11.5 Å². The molecular weight excluding hydrogens is 318 g/mol. The summed E-state index contributed by atoms with van der Waals surface area (Å²) in [6, 6.07) is 15.3. The third kappa shape index (κ3) is 4.61. The summed E-state index contributed by atoms with van der Waals surface area (Å²) in [4.78, 5) is 14.1. The smallest absolute Gasteiger partial charge is 0.246 e. The highest BCUT2D eigenvalue weighted by Gasteiger charge is 2.12. The molecule has 0 unspecified atom stereocenters. The predicted molar refractivity (Wildman–Crippen MR) is 95.4 cm³/mol. The highest BCUT2D eigenvalue weighted by atomic mass is 16.6. The zero-order valence-corrected chi connectivity index (χ0v) is 13.9. The molecule has 1 heterocycles. The molecule has 0 spiro atoms. The van der Waals surface area contributed by atoms with Gasteiger partial charge in [-0.15, -0.1) is 0 Å². The normalized spacial score (nSPS) is 13.0. The predicted octanol–water partition coefficient (Wildman–Crippen LogP) is 2.49. The first-order valence-electron chi connectivity index (χ1n) is 8.27. The van der Waals surface area contributed by atoms with Gasteiger partial charge < -0.3 is 19.5 Å². The van der Waals surface area contributed by atoms with Gasteiger partial charge in [0, 0.05) is 19.2 Å². The molecule has 0 radical (unpaired) electrons. The van der Waals surface area contributed by atoms with Crippen LogP contribution in [0.25, 0.3) is 6.08 Å². The van der Waals surface area contributed by atoms with Crippen molar-refractivity contribution in [3.63, 3.8) is 0 Å². The lowest BCUT2D eigenvalue weighted by atomic mass is 10.1. The fourth-order valence-corrected chi connectivity index (χ4v) is 2.63. The number of aliphatic hydroxyl groups is 1. The minimum atomic E-state index is -0.146. The number of fused-ring (bicyclic) bond motifs is 1. The van der Waals surface area contributed by atoms with Crippen LogP contribution in [-0.2, 0) is 11.3 Å². The van der Waals surface area contributed by atoms with E-state index in [9.17, 15) is 9.90 Å². The molecule has 25 heavy (non-hydrogen) atoms. The van der Waals surface area contributed by atoms with Crippen molar-refractivity contribution >= 4 is 12.0 Å². The summed E-state index contributed by atoms with van der Waals surface area (Å²) >= 11 is 0. The quantitative estimate of drug-likeness (QED) is 0.822. The van der Waals surface area contributed by atoms with Crippen LogP contribution in [0.4, 0.5) is 0 Å². The van der Waals surface area contributed by atoms with Crippen molar-refractivity contribution < 1.29 is 19.4 Å². The molecule has 130 valence electrons. The second-order valence-corrected chi connectivity index (χ2v) is 5.71. The maximum atomic E-state index is 12.5. The minimum Gasteiger partial charge on any atom is -0.486 e. The van der Waals surface area contributed by atoms with E-state index in [0.717, 1.165) is 16.9 Å². The molecule has 0 aromatic heterocycles. The molecule has 0 fully saturated rings. The van der Waals surface area contributed by atoms with Crippen molar-refractivity contribution in [3.8, 4) is 11.5 Å². The van der Waals surface area contributed by atoms with Gasteiger partial charge in [-0.2, -0.15) is 0 Å². The Morgan fingerprint density at radius 3 is 2.60 bits per heavy atom. The van der Waals surface area contributed by atoms with Gasteiger partial charge in [0.15, 0.2) is 11.5 Å².